The first kappa shape index (κ1) is 22.4. The topological polar surface area (TPSA) is 50.7 Å². The van der Waals surface area contributed by atoms with E-state index in [2.05, 4.69) is 26.5 Å². The Morgan fingerprint density at radius 1 is 1.07 bits per heavy atom. The van der Waals surface area contributed by atoms with E-state index in [1.165, 1.54) is 0 Å². The summed E-state index contributed by atoms with van der Waals surface area (Å²) < 4.78 is 6.06. The Morgan fingerprint density at radius 2 is 1.73 bits per heavy atom. The number of hydrogen-bond donors (Lipinski definition) is 1. The summed E-state index contributed by atoms with van der Waals surface area (Å²) in [6.45, 7) is 1.84. The summed E-state index contributed by atoms with van der Waals surface area (Å²) in [5.41, 5.74) is 5.89. The number of hydrogen-bond acceptors (Lipinski definition) is 4. The van der Waals surface area contributed by atoms with E-state index in [4.69, 9.17) is 16.3 Å². The normalized spacial score (nSPS) is 11.3. The minimum atomic E-state index is -0.251. The maximum atomic E-state index is 12.4. The third-order valence-corrected chi connectivity index (χ3v) is 6.28. The van der Waals surface area contributed by atoms with Crippen LogP contribution in [0.3, 0.4) is 0 Å². The quantitative estimate of drug-likeness (QED) is 0.226. The molecule has 0 radical (unpaired) electrons. The molecule has 0 atom stereocenters. The smallest absolute Gasteiger partial charge is 0.271 e. The highest BCUT2D eigenvalue weighted by molar-refractivity contribution is 9.10. The summed E-state index contributed by atoms with van der Waals surface area (Å²) in [6, 6.07) is 20.9. The number of hydrazone groups is 1. The van der Waals surface area contributed by atoms with E-state index in [1.807, 2.05) is 73.7 Å². The second-order valence-corrected chi connectivity index (χ2v) is 8.77. The summed E-state index contributed by atoms with van der Waals surface area (Å²) in [5.74, 6) is 1.30. The zero-order valence-corrected chi connectivity index (χ0v) is 19.6. The molecule has 0 aromatic heterocycles. The van der Waals surface area contributed by atoms with Crippen LogP contribution in [0, 0.1) is 0 Å². The molecule has 3 aromatic carbocycles. The van der Waals surface area contributed by atoms with Gasteiger partial charge in [0.25, 0.3) is 5.91 Å². The van der Waals surface area contributed by atoms with E-state index in [1.54, 1.807) is 18.9 Å². The molecule has 0 fully saturated rings. The predicted molar refractivity (Wildman–Crippen MR) is 128 cm³/mol. The van der Waals surface area contributed by atoms with Gasteiger partial charge in [-0.25, -0.2) is 5.43 Å². The van der Waals surface area contributed by atoms with Crippen LogP contribution in [0.1, 0.15) is 28.4 Å². The lowest BCUT2D eigenvalue weighted by atomic mass is 10.1. The molecular weight excluding hydrogens is 484 g/mol. The zero-order valence-electron chi connectivity index (χ0n) is 16.5. The van der Waals surface area contributed by atoms with Gasteiger partial charge in [0.15, 0.2) is 0 Å². The Morgan fingerprint density at radius 3 is 2.37 bits per heavy atom. The third-order valence-electron chi connectivity index (χ3n) is 4.33. The largest absolute Gasteiger partial charge is 0.496 e. The summed E-state index contributed by atoms with van der Waals surface area (Å²) in [7, 11) is 1.61. The number of carbonyl (C=O) groups is 1. The molecule has 30 heavy (non-hydrogen) atoms. The van der Waals surface area contributed by atoms with Crippen molar-refractivity contribution in [3.63, 3.8) is 0 Å². The molecular formula is C23H20BrClN2O2S. The first-order valence-corrected chi connectivity index (χ1v) is 11.3. The third kappa shape index (κ3) is 6.11. The molecule has 0 bridgehead atoms. The van der Waals surface area contributed by atoms with Crippen molar-refractivity contribution in [3.8, 4) is 5.75 Å². The number of rotatable bonds is 7. The van der Waals surface area contributed by atoms with Crippen molar-refractivity contribution in [2.75, 3.05) is 7.11 Å². The summed E-state index contributed by atoms with van der Waals surface area (Å²) in [6.07, 6.45) is 0. The van der Waals surface area contributed by atoms with Crippen LogP contribution in [0.5, 0.6) is 5.75 Å². The minimum absolute atomic E-state index is 0.251. The van der Waals surface area contributed by atoms with Gasteiger partial charge in [0.05, 0.1) is 17.3 Å². The second-order valence-electron chi connectivity index (χ2n) is 6.43. The lowest BCUT2D eigenvalue weighted by Gasteiger charge is -2.07. The lowest BCUT2D eigenvalue weighted by molar-refractivity contribution is 0.0955. The van der Waals surface area contributed by atoms with Crippen molar-refractivity contribution in [1.29, 1.82) is 0 Å². The Hall–Kier alpha value is -2.28. The van der Waals surface area contributed by atoms with Crippen LogP contribution in [0.15, 0.2) is 81.2 Å². The molecule has 0 saturated heterocycles. The van der Waals surface area contributed by atoms with Gasteiger partial charge in [0.2, 0.25) is 0 Å². The SMILES string of the molecule is COc1ccc(/C(C)=N\NC(=O)c2ccc(CSc3ccc(Cl)cc3)cc2)cc1Br. The zero-order chi connectivity index (χ0) is 21.5. The summed E-state index contributed by atoms with van der Waals surface area (Å²) in [4.78, 5) is 13.6. The molecule has 0 saturated carbocycles. The molecule has 0 spiro atoms. The fraction of sp³-hybridized carbons (Fsp3) is 0.130. The maximum absolute atomic E-state index is 12.4. The number of amides is 1. The van der Waals surface area contributed by atoms with Crippen molar-refractivity contribution >= 4 is 50.9 Å². The van der Waals surface area contributed by atoms with Gasteiger partial charge in [0, 0.05) is 21.2 Å². The van der Waals surface area contributed by atoms with Crippen LogP contribution < -0.4 is 10.2 Å². The van der Waals surface area contributed by atoms with E-state index in [-0.39, 0.29) is 5.91 Å². The lowest BCUT2D eigenvalue weighted by Crippen LogP contribution is -2.19. The molecule has 0 unspecified atom stereocenters. The molecule has 4 nitrogen and oxygen atoms in total. The first-order valence-electron chi connectivity index (χ1n) is 9.12. The molecule has 0 heterocycles. The minimum Gasteiger partial charge on any atom is -0.496 e. The van der Waals surface area contributed by atoms with Crippen molar-refractivity contribution in [2.45, 2.75) is 17.6 Å². The average Bonchev–Trinajstić information content (AvgIpc) is 2.77. The van der Waals surface area contributed by atoms with Crippen LogP contribution in [-0.4, -0.2) is 18.7 Å². The van der Waals surface area contributed by atoms with Crippen molar-refractivity contribution in [2.24, 2.45) is 5.10 Å². The fourth-order valence-corrected chi connectivity index (χ4v) is 4.13. The van der Waals surface area contributed by atoms with Crippen LogP contribution in [0.2, 0.25) is 5.02 Å². The van der Waals surface area contributed by atoms with Crippen LogP contribution >= 0.6 is 39.3 Å². The first-order chi connectivity index (χ1) is 14.5. The van der Waals surface area contributed by atoms with Crippen molar-refractivity contribution in [3.05, 3.63) is 92.9 Å². The van der Waals surface area contributed by atoms with E-state index >= 15 is 0 Å². The van der Waals surface area contributed by atoms with Crippen molar-refractivity contribution < 1.29 is 9.53 Å². The van der Waals surface area contributed by atoms with E-state index in [9.17, 15) is 4.79 Å². The Labute approximate surface area is 193 Å². The van der Waals surface area contributed by atoms with Gasteiger partial charge < -0.3 is 4.74 Å². The van der Waals surface area contributed by atoms with Gasteiger partial charge in [-0.3, -0.25) is 4.79 Å². The number of nitrogens with zero attached hydrogens (tertiary/aromatic N) is 1. The fourth-order valence-electron chi connectivity index (χ4n) is 2.60. The van der Waals surface area contributed by atoms with E-state index < -0.39 is 0 Å². The molecule has 1 amide bonds. The molecule has 1 N–H and O–H groups in total. The molecule has 3 aromatic rings. The molecule has 0 aliphatic rings. The van der Waals surface area contributed by atoms with Gasteiger partial charge in [-0.1, -0.05) is 23.7 Å². The molecule has 0 aliphatic heterocycles. The monoisotopic (exact) mass is 502 g/mol. The number of benzene rings is 3. The Balaban J connectivity index is 1.58. The average molecular weight is 504 g/mol. The van der Waals surface area contributed by atoms with Gasteiger partial charge >= 0.3 is 0 Å². The summed E-state index contributed by atoms with van der Waals surface area (Å²) in [5, 5.41) is 4.94. The highest BCUT2D eigenvalue weighted by Crippen LogP contribution is 2.26. The number of thioether (sulfide) groups is 1. The number of ether oxygens (including phenoxy) is 1. The van der Waals surface area contributed by atoms with E-state index in [0.717, 1.165) is 37.0 Å². The van der Waals surface area contributed by atoms with Crippen LogP contribution in [0.25, 0.3) is 0 Å². The van der Waals surface area contributed by atoms with Gasteiger partial charge in [-0.2, -0.15) is 5.10 Å². The van der Waals surface area contributed by atoms with Crippen molar-refractivity contribution in [1.82, 2.24) is 5.43 Å². The highest BCUT2D eigenvalue weighted by Gasteiger charge is 2.07. The Kier molecular flexibility index (Phi) is 7.96. The van der Waals surface area contributed by atoms with Gasteiger partial charge in [-0.15, -0.1) is 11.8 Å². The number of methoxy groups -OCH3 is 1. The number of halogens is 2. The van der Waals surface area contributed by atoms with E-state index in [0.29, 0.717) is 11.3 Å². The number of nitrogens with one attached hydrogen (secondary N) is 1. The molecule has 3 rings (SSSR count). The molecule has 7 heteroatoms. The van der Waals surface area contributed by atoms with Crippen LogP contribution in [-0.2, 0) is 5.75 Å². The Bertz CT molecular complexity index is 1050. The standard InChI is InChI=1S/C23H20BrClN2O2S/c1-15(18-7-12-22(29-2)21(24)13-18)26-27-23(28)17-5-3-16(4-6-17)14-30-20-10-8-19(25)9-11-20/h3-13H,14H2,1-2H3,(H,27,28)/b26-15-. The second kappa shape index (κ2) is 10.7. The molecule has 0 aliphatic carbocycles. The maximum Gasteiger partial charge on any atom is 0.271 e. The highest BCUT2D eigenvalue weighted by atomic mass is 79.9. The van der Waals surface area contributed by atoms with Crippen LogP contribution in [0.4, 0.5) is 0 Å². The van der Waals surface area contributed by atoms with Gasteiger partial charge in [0.1, 0.15) is 5.75 Å². The summed E-state index contributed by atoms with van der Waals surface area (Å²) >= 11 is 11.1. The van der Waals surface area contributed by atoms with Gasteiger partial charge in [-0.05, 0) is 88.6 Å². The number of carbonyl (C=O) groups excluding carboxylic acids is 1. The predicted octanol–water partition coefficient (Wildman–Crippen LogP) is 6.56. The molecule has 154 valence electrons.